The van der Waals surface area contributed by atoms with Gasteiger partial charge in [-0.25, -0.2) is 0 Å². The monoisotopic (exact) mass is 889 g/mol. The molecular formula is C68H43NO. The molecule has 0 bridgehead atoms. The fourth-order valence-electron chi connectivity index (χ4n) is 13.1. The van der Waals surface area contributed by atoms with Crippen LogP contribution < -0.4 is 4.90 Å². The fraction of sp³-hybridized carbons (Fsp3) is 0.0294. The van der Waals surface area contributed by atoms with Gasteiger partial charge in [0.05, 0.1) is 16.5 Å². The van der Waals surface area contributed by atoms with Crippen molar-refractivity contribution in [3.63, 3.8) is 0 Å². The normalized spacial score (nSPS) is 13.9. The summed E-state index contributed by atoms with van der Waals surface area (Å²) in [6.45, 7) is 0. The molecule has 0 saturated heterocycles. The van der Waals surface area contributed by atoms with E-state index in [2.05, 4.69) is 260 Å². The summed E-state index contributed by atoms with van der Waals surface area (Å²) >= 11 is 0. The van der Waals surface area contributed by atoms with Gasteiger partial charge in [-0.3, -0.25) is 0 Å². The predicted octanol–water partition coefficient (Wildman–Crippen LogP) is 17.4. The molecule has 2 heteroatoms. The SMILES string of the molecule is c1ccc(C2(c3ccc(N(c4ccc(-c5cccc6c5oc5ccccc56)cc4)c4cccc5c4C4(c6ccccc6-c6ccccc64)c4ccccc4-5)cc3)c3ccccc3-c3ccccc32)cc1. The van der Waals surface area contributed by atoms with Crippen LogP contribution in [0, 0.1) is 0 Å². The largest absolute Gasteiger partial charge is 0.455 e. The Bertz CT molecular complexity index is 3960. The molecule has 0 atom stereocenters. The third-order valence-corrected chi connectivity index (χ3v) is 15.8. The molecule has 11 aromatic carbocycles. The zero-order valence-electron chi connectivity index (χ0n) is 38.2. The number of fused-ring (bicyclic) bond motifs is 16. The lowest BCUT2D eigenvalue weighted by atomic mass is 9.67. The van der Waals surface area contributed by atoms with E-state index in [1.165, 1.54) is 77.9 Å². The van der Waals surface area contributed by atoms with Crippen LogP contribution in [0.5, 0.6) is 0 Å². The summed E-state index contributed by atoms with van der Waals surface area (Å²) in [6.07, 6.45) is 0. The highest BCUT2D eigenvalue weighted by Gasteiger charge is 2.53. The van der Waals surface area contributed by atoms with Crippen LogP contribution in [0.15, 0.2) is 265 Å². The molecule has 3 aliphatic rings. The molecule has 0 radical (unpaired) electrons. The van der Waals surface area contributed by atoms with Gasteiger partial charge in [-0.1, -0.05) is 224 Å². The van der Waals surface area contributed by atoms with Crippen molar-refractivity contribution in [1.29, 1.82) is 0 Å². The number of nitrogens with zero attached hydrogens (tertiary/aromatic N) is 1. The van der Waals surface area contributed by atoms with Crippen LogP contribution in [0.1, 0.15) is 44.5 Å². The number of para-hydroxylation sites is 2. The Labute approximate surface area is 407 Å². The summed E-state index contributed by atoms with van der Waals surface area (Å²) in [6, 6.07) is 96.7. The van der Waals surface area contributed by atoms with E-state index < -0.39 is 10.8 Å². The first-order valence-electron chi connectivity index (χ1n) is 24.3. The topological polar surface area (TPSA) is 16.4 Å². The Balaban J connectivity index is 0.974. The van der Waals surface area contributed by atoms with Crippen molar-refractivity contribution in [1.82, 2.24) is 0 Å². The van der Waals surface area contributed by atoms with Crippen molar-refractivity contribution < 1.29 is 4.42 Å². The van der Waals surface area contributed by atoms with E-state index >= 15 is 0 Å². The van der Waals surface area contributed by atoms with Crippen molar-refractivity contribution in [2.75, 3.05) is 4.90 Å². The Morgan fingerprint density at radius 3 is 1.29 bits per heavy atom. The predicted molar refractivity (Wildman–Crippen MR) is 287 cm³/mol. The van der Waals surface area contributed by atoms with Crippen molar-refractivity contribution in [3.05, 3.63) is 305 Å². The molecule has 0 N–H and O–H groups in total. The molecule has 0 aliphatic heterocycles. The smallest absolute Gasteiger partial charge is 0.143 e. The molecule has 1 heterocycles. The zero-order valence-corrected chi connectivity index (χ0v) is 38.2. The average molecular weight is 890 g/mol. The van der Waals surface area contributed by atoms with E-state index in [-0.39, 0.29) is 0 Å². The van der Waals surface area contributed by atoms with E-state index in [0.717, 1.165) is 50.1 Å². The molecule has 15 rings (SSSR count). The Morgan fingerprint density at radius 1 is 0.286 bits per heavy atom. The number of furan rings is 1. The first kappa shape index (κ1) is 39.1. The van der Waals surface area contributed by atoms with E-state index in [4.69, 9.17) is 4.42 Å². The van der Waals surface area contributed by atoms with E-state index in [1.54, 1.807) is 0 Å². The lowest BCUT2D eigenvalue weighted by Gasteiger charge is -2.36. The van der Waals surface area contributed by atoms with Gasteiger partial charge in [0.25, 0.3) is 0 Å². The standard InChI is InChI=1S/C68H43NO/c1-2-18-45(19-3-1)67(58-29-10-4-20-50(58)51-21-5-11-30-59(51)67)46-38-42-48(43-39-46)69(47-40-36-44(37-41-47)49-26-16-28-57-55-25-9-15-35-64(55)70-66(49)57)63-34-17-27-56-54-24-8-14-33-62(54)68(65(56)63)60-31-12-6-22-52(60)53-23-7-13-32-61(53)68/h1-43H. The molecule has 12 aromatic rings. The molecule has 0 fully saturated rings. The van der Waals surface area contributed by atoms with Gasteiger partial charge in [0, 0.05) is 33.3 Å². The number of hydrogen-bond acceptors (Lipinski definition) is 2. The summed E-state index contributed by atoms with van der Waals surface area (Å²) in [5.41, 5.74) is 24.3. The number of benzene rings is 11. The highest BCUT2D eigenvalue weighted by atomic mass is 16.3. The minimum absolute atomic E-state index is 0.506. The van der Waals surface area contributed by atoms with Crippen LogP contribution in [0.3, 0.4) is 0 Å². The maximum atomic E-state index is 6.57. The average Bonchev–Trinajstić information content (AvgIpc) is 4.16. The Hall–Kier alpha value is -8.98. The second kappa shape index (κ2) is 14.8. The molecule has 326 valence electrons. The van der Waals surface area contributed by atoms with Gasteiger partial charge in [0.2, 0.25) is 0 Å². The number of rotatable bonds is 6. The van der Waals surface area contributed by atoms with Gasteiger partial charge >= 0.3 is 0 Å². The van der Waals surface area contributed by atoms with E-state index in [1.807, 2.05) is 6.07 Å². The second-order valence-electron chi connectivity index (χ2n) is 19.0. The quantitative estimate of drug-likeness (QED) is 0.165. The maximum absolute atomic E-state index is 6.57. The van der Waals surface area contributed by atoms with Crippen molar-refractivity contribution >= 4 is 39.0 Å². The third-order valence-electron chi connectivity index (χ3n) is 15.8. The minimum atomic E-state index is -0.542. The summed E-state index contributed by atoms with van der Waals surface area (Å²) in [5, 5.41) is 2.26. The Morgan fingerprint density at radius 2 is 0.700 bits per heavy atom. The lowest BCUT2D eigenvalue weighted by Crippen LogP contribution is -2.29. The van der Waals surface area contributed by atoms with Crippen LogP contribution in [0.2, 0.25) is 0 Å². The van der Waals surface area contributed by atoms with Gasteiger partial charge in [-0.2, -0.15) is 0 Å². The third kappa shape index (κ3) is 5.12. The first-order chi connectivity index (χ1) is 34.7. The maximum Gasteiger partial charge on any atom is 0.143 e. The zero-order chi connectivity index (χ0) is 46.0. The molecule has 0 unspecified atom stereocenters. The molecule has 1 spiro atoms. The second-order valence-corrected chi connectivity index (χ2v) is 19.0. The Kier molecular flexibility index (Phi) is 8.24. The van der Waals surface area contributed by atoms with Crippen LogP contribution in [-0.2, 0) is 10.8 Å². The minimum Gasteiger partial charge on any atom is -0.455 e. The molecule has 1 aromatic heterocycles. The molecular weight excluding hydrogens is 847 g/mol. The van der Waals surface area contributed by atoms with Crippen LogP contribution in [0.4, 0.5) is 17.1 Å². The van der Waals surface area contributed by atoms with Crippen molar-refractivity contribution in [3.8, 4) is 44.5 Å². The summed E-state index contributed by atoms with van der Waals surface area (Å²) in [7, 11) is 0. The lowest BCUT2D eigenvalue weighted by molar-refractivity contribution is 0.670. The molecule has 2 nitrogen and oxygen atoms in total. The molecule has 3 aliphatic carbocycles. The fourth-order valence-corrected chi connectivity index (χ4v) is 13.1. The number of anilines is 3. The first-order valence-corrected chi connectivity index (χ1v) is 24.3. The van der Waals surface area contributed by atoms with Crippen molar-refractivity contribution in [2.45, 2.75) is 10.8 Å². The highest BCUT2D eigenvalue weighted by molar-refractivity contribution is 6.09. The molecule has 0 amide bonds. The van der Waals surface area contributed by atoms with Crippen LogP contribution >= 0.6 is 0 Å². The van der Waals surface area contributed by atoms with Crippen LogP contribution in [-0.4, -0.2) is 0 Å². The highest BCUT2D eigenvalue weighted by Crippen LogP contribution is 2.65. The van der Waals surface area contributed by atoms with Crippen molar-refractivity contribution in [2.24, 2.45) is 0 Å². The van der Waals surface area contributed by atoms with E-state index in [0.29, 0.717) is 0 Å². The molecule has 0 saturated carbocycles. The summed E-state index contributed by atoms with van der Waals surface area (Å²) in [5.74, 6) is 0. The van der Waals surface area contributed by atoms with Gasteiger partial charge in [-0.15, -0.1) is 0 Å². The van der Waals surface area contributed by atoms with Crippen LogP contribution in [0.25, 0.3) is 66.4 Å². The summed E-state index contributed by atoms with van der Waals surface area (Å²) in [4.78, 5) is 2.51. The van der Waals surface area contributed by atoms with Gasteiger partial charge in [0.1, 0.15) is 11.2 Å². The molecule has 70 heavy (non-hydrogen) atoms. The summed E-state index contributed by atoms with van der Waals surface area (Å²) < 4.78 is 6.57. The van der Waals surface area contributed by atoms with Gasteiger partial charge < -0.3 is 9.32 Å². The van der Waals surface area contributed by atoms with E-state index in [9.17, 15) is 0 Å². The van der Waals surface area contributed by atoms with Gasteiger partial charge in [0.15, 0.2) is 0 Å². The number of hydrogen-bond donors (Lipinski definition) is 0. The van der Waals surface area contributed by atoms with Gasteiger partial charge in [-0.05, 0) is 114 Å².